The van der Waals surface area contributed by atoms with Crippen molar-refractivity contribution in [1.29, 1.82) is 0 Å². The number of nitrogens with two attached hydrogens (primary N) is 2. The van der Waals surface area contributed by atoms with Crippen LogP contribution in [0.1, 0.15) is 60.8 Å². The molecule has 0 saturated heterocycles. The molecule has 1 aliphatic rings. The SMILES string of the molecule is CC(C)(C)C(N)=O.CC(C)(C)C(N)=O.N.N.N.N.O=[N+]([O-])[O-].O=[N+]([O-])[O-].O=[N+]([O-])[O-].OC1[CH-]CCC1.[Pt].[Pt]. The van der Waals surface area contributed by atoms with Crippen molar-refractivity contribution in [2.75, 3.05) is 0 Å². The zero-order valence-electron chi connectivity index (χ0n) is 22.2. The summed E-state index contributed by atoms with van der Waals surface area (Å²) in [6.45, 7) is 10.7. The topological polar surface area (TPSA) is 445 Å². The summed E-state index contributed by atoms with van der Waals surface area (Å²) in [6.07, 6.45) is 5.16. The molecule has 244 valence electrons. The van der Waals surface area contributed by atoms with Crippen molar-refractivity contribution < 1.29 is 72.1 Å². The molecule has 21 nitrogen and oxygen atoms in total. The fraction of sp³-hybridized carbons (Fsp3) is 0.800. The molecule has 23 heteroatoms. The smallest absolute Gasteiger partial charge is 0.222 e. The van der Waals surface area contributed by atoms with Crippen LogP contribution in [0, 0.1) is 63.2 Å². The van der Waals surface area contributed by atoms with E-state index in [1.165, 1.54) is 6.42 Å². The molecule has 0 aromatic heterocycles. The fourth-order valence-corrected chi connectivity index (χ4v) is 0.755. The molecular weight excluding hydrogens is 888 g/mol. The van der Waals surface area contributed by atoms with Gasteiger partial charge in [0.05, 0.1) is 15.3 Å². The van der Waals surface area contributed by atoms with Gasteiger partial charge in [-0.15, -0.1) is 0 Å². The Kier molecular flexibility index (Phi) is 72.8. The molecule has 1 rings (SSSR count). The minimum atomic E-state index is -1.75. The van der Waals surface area contributed by atoms with Crippen molar-refractivity contribution in [3.8, 4) is 0 Å². The summed E-state index contributed by atoms with van der Waals surface area (Å²) in [6, 6.07) is 0. The van der Waals surface area contributed by atoms with E-state index in [0.717, 1.165) is 12.8 Å². The molecule has 38 heavy (non-hydrogen) atoms. The first-order valence-corrected chi connectivity index (χ1v) is 8.54. The molecule has 2 amide bonds. The third-order valence-corrected chi connectivity index (χ3v) is 2.62. The van der Waals surface area contributed by atoms with E-state index in [1.54, 1.807) is 41.5 Å². The van der Waals surface area contributed by atoms with Gasteiger partial charge in [-0.3, -0.25) is 9.59 Å². The van der Waals surface area contributed by atoms with Crippen LogP contribution < -0.4 is 36.1 Å². The molecule has 0 bridgehead atoms. The molecule has 1 unspecified atom stereocenters. The molecule has 1 aliphatic carbocycles. The minimum absolute atomic E-state index is 0. The van der Waals surface area contributed by atoms with Gasteiger partial charge in [-0.1, -0.05) is 60.5 Å². The van der Waals surface area contributed by atoms with Crippen molar-refractivity contribution in [2.24, 2.45) is 22.3 Å². The number of amides is 2. The molecule has 0 radical (unpaired) electrons. The van der Waals surface area contributed by atoms with E-state index in [0.29, 0.717) is 0 Å². The Morgan fingerprint density at radius 3 is 0.895 bits per heavy atom. The van der Waals surface area contributed by atoms with Gasteiger partial charge < -0.3 is 93.6 Å². The van der Waals surface area contributed by atoms with E-state index in [-0.39, 0.29) is 95.5 Å². The van der Waals surface area contributed by atoms with Gasteiger partial charge in [0, 0.05) is 53.0 Å². The Labute approximate surface area is 249 Å². The summed E-state index contributed by atoms with van der Waals surface area (Å²) in [5.41, 5.74) is 9.14. The Morgan fingerprint density at radius 2 is 0.868 bits per heavy atom. The number of hydrogen-bond acceptors (Lipinski definition) is 16. The third-order valence-electron chi connectivity index (χ3n) is 2.62. The van der Waals surface area contributed by atoms with E-state index in [2.05, 4.69) is 0 Å². The molecule has 0 heterocycles. The van der Waals surface area contributed by atoms with Gasteiger partial charge in [-0.25, -0.2) is 0 Å². The number of rotatable bonds is 0. The second kappa shape index (κ2) is 39.2. The van der Waals surface area contributed by atoms with Gasteiger partial charge >= 0.3 is 0 Å². The van der Waals surface area contributed by atoms with Crippen LogP contribution in [0.25, 0.3) is 0 Å². The first-order valence-electron chi connectivity index (χ1n) is 8.54. The first kappa shape index (κ1) is 70.5. The average Bonchev–Trinajstić information content (AvgIpc) is 2.95. The van der Waals surface area contributed by atoms with Gasteiger partial charge in [0.25, 0.3) is 0 Å². The summed E-state index contributed by atoms with van der Waals surface area (Å²) >= 11 is 0. The molecule has 0 aromatic rings. The quantitative estimate of drug-likeness (QED) is 0.103. The van der Waals surface area contributed by atoms with Crippen LogP contribution in [0.15, 0.2) is 0 Å². The number of aliphatic hydroxyl groups is 1. The summed E-state index contributed by atoms with van der Waals surface area (Å²) in [5.74, 6) is -0.514. The van der Waals surface area contributed by atoms with Crippen LogP contribution in [0.4, 0.5) is 0 Å². The van der Waals surface area contributed by atoms with Crippen LogP contribution >= 0.6 is 0 Å². The van der Waals surface area contributed by atoms with Crippen molar-refractivity contribution in [3.63, 3.8) is 0 Å². The maximum Gasteiger partial charge on any atom is 0.222 e. The van der Waals surface area contributed by atoms with Crippen molar-refractivity contribution >= 4 is 11.8 Å². The van der Waals surface area contributed by atoms with Crippen LogP contribution in [0.3, 0.4) is 0 Å². The predicted molar refractivity (Wildman–Crippen MR) is 133 cm³/mol. The van der Waals surface area contributed by atoms with Gasteiger partial charge in [0.2, 0.25) is 11.8 Å². The van der Waals surface area contributed by atoms with Crippen LogP contribution in [-0.4, -0.2) is 38.3 Å². The van der Waals surface area contributed by atoms with Crippen LogP contribution in [0.5, 0.6) is 0 Å². The molecule has 0 spiro atoms. The molecule has 1 fully saturated rings. The molecular formula is C15H43N9O12Pt2-4. The number of aliphatic hydroxyl groups excluding tert-OH is 1. The second-order valence-corrected chi connectivity index (χ2v) is 7.63. The van der Waals surface area contributed by atoms with Crippen LogP contribution in [-0.2, 0) is 51.7 Å². The summed E-state index contributed by atoms with van der Waals surface area (Å²) in [5, 5.41) is 52.9. The van der Waals surface area contributed by atoms with E-state index in [1.807, 2.05) is 6.42 Å². The van der Waals surface area contributed by atoms with Gasteiger partial charge in [0.15, 0.2) is 0 Å². The maximum atomic E-state index is 10.2. The van der Waals surface area contributed by atoms with E-state index < -0.39 is 15.3 Å². The molecule has 0 aliphatic heterocycles. The Bertz CT molecular complexity index is 508. The van der Waals surface area contributed by atoms with E-state index >= 15 is 0 Å². The standard InChI is InChI=1S/2C5H11NO.C5H9O.3NO3.4H3N.2Pt/c2*1-5(2,3)4(6)7;6-5-3-1-2-4-5;3*2-1(3)4;;;;;;/h2*1-3H3,(H2,6,7);3,5-6H,1-2,4H2;;;;4*1H3;;/q;;4*-1;;;;;;. The summed E-state index contributed by atoms with van der Waals surface area (Å²) in [4.78, 5) is 45.2. The molecule has 1 atom stereocenters. The number of carbonyl (C=O) groups is 2. The van der Waals surface area contributed by atoms with Gasteiger partial charge in [-0.05, 0) is 0 Å². The number of nitrogens with zero attached hydrogens (tertiary/aromatic N) is 3. The summed E-state index contributed by atoms with van der Waals surface area (Å²) < 4.78 is 0. The normalized spacial score (nSPS) is 11.5. The molecule has 1 saturated carbocycles. The number of carbonyl (C=O) groups excluding carboxylic acids is 2. The van der Waals surface area contributed by atoms with Gasteiger partial charge in [-0.2, -0.15) is 6.42 Å². The van der Waals surface area contributed by atoms with Crippen molar-refractivity contribution in [2.45, 2.75) is 66.9 Å². The van der Waals surface area contributed by atoms with Gasteiger partial charge in [0.1, 0.15) is 0 Å². The van der Waals surface area contributed by atoms with E-state index in [4.69, 9.17) is 62.5 Å². The third kappa shape index (κ3) is 129. The summed E-state index contributed by atoms with van der Waals surface area (Å²) in [7, 11) is 0. The zero-order chi connectivity index (χ0) is 27.3. The van der Waals surface area contributed by atoms with Crippen molar-refractivity contribution in [3.05, 3.63) is 52.4 Å². The monoisotopic (exact) mass is 931 g/mol. The minimum Gasteiger partial charge on any atom is -0.425 e. The Balaban J connectivity index is -0.0000000252. The second-order valence-electron chi connectivity index (χ2n) is 7.63. The first-order chi connectivity index (χ1) is 14.0. The number of hydrogen-bond donors (Lipinski definition) is 7. The fourth-order valence-electron chi connectivity index (χ4n) is 0.755. The maximum absolute atomic E-state index is 10.2. The van der Waals surface area contributed by atoms with Crippen molar-refractivity contribution in [1.82, 2.24) is 24.6 Å². The zero-order valence-corrected chi connectivity index (χ0v) is 26.7. The Hall–Kier alpha value is -2.28. The predicted octanol–water partition coefficient (Wildman–Crippen LogP) is 1.70. The van der Waals surface area contributed by atoms with E-state index in [9.17, 15) is 9.59 Å². The largest absolute Gasteiger partial charge is 0.425 e. The molecule has 17 N–H and O–H groups in total. The average molecular weight is 932 g/mol. The van der Waals surface area contributed by atoms with Crippen LogP contribution in [0.2, 0.25) is 0 Å². The Morgan fingerprint density at radius 1 is 0.711 bits per heavy atom. The molecule has 0 aromatic carbocycles. The number of primary amides is 2.